The minimum Gasteiger partial charge on any atom is -0.447 e. The summed E-state index contributed by atoms with van der Waals surface area (Å²) in [5.74, 6) is -1.58. The summed E-state index contributed by atoms with van der Waals surface area (Å²) in [6.07, 6.45) is -3.98. The van der Waals surface area contributed by atoms with Crippen LogP contribution in [0.4, 0.5) is 17.6 Å². The average Bonchev–Trinajstić information content (AvgIpc) is 3.47. The van der Waals surface area contributed by atoms with Crippen molar-refractivity contribution in [3.8, 4) is 0 Å². The molecule has 6 nitrogen and oxygen atoms in total. The van der Waals surface area contributed by atoms with Gasteiger partial charge in [0, 0.05) is 29.0 Å². The number of rotatable bonds is 3. The highest BCUT2D eigenvalue weighted by molar-refractivity contribution is 6.35. The standard InChI is InChI=1S/C24H16Cl2F4N2O4/c25-16-6-13(7-17(26)19(16)27)23(24(28,29)30)8-18(31-36-23)12-3-4-15-14(5-12)21(34)35-22(15)9-32(10-22)20(33)11-1-2-11/h3-7,11H,1-2,8-10H2. The normalized spacial score (nSPS) is 24.2. The Balaban J connectivity index is 1.29. The van der Waals surface area contributed by atoms with Gasteiger partial charge in [0.15, 0.2) is 11.4 Å². The molecule has 1 spiro atoms. The predicted molar refractivity (Wildman–Crippen MR) is 119 cm³/mol. The summed E-state index contributed by atoms with van der Waals surface area (Å²) in [7, 11) is 0. The van der Waals surface area contributed by atoms with Crippen molar-refractivity contribution in [2.75, 3.05) is 13.1 Å². The van der Waals surface area contributed by atoms with Gasteiger partial charge < -0.3 is 14.5 Å². The minimum atomic E-state index is -4.95. The van der Waals surface area contributed by atoms with Gasteiger partial charge in [0.05, 0.1) is 34.4 Å². The Labute approximate surface area is 211 Å². The maximum atomic E-state index is 14.3. The number of hydrogen-bond acceptors (Lipinski definition) is 5. The van der Waals surface area contributed by atoms with Crippen LogP contribution in [0.25, 0.3) is 0 Å². The largest absolute Gasteiger partial charge is 0.447 e. The summed E-state index contributed by atoms with van der Waals surface area (Å²) in [6.45, 7) is 0.488. The van der Waals surface area contributed by atoms with E-state index in [1.165, 1.54) is 12.1 Å². The molecule has 2 aromatic rings. The van der Waals surface area contributed by atoms with E-state index >= 15 is 0 Å². The molecule has 1 amide bonds. The van der Waals surface area contributed by atoms with E-state index in [9.17, 15) is 27.2 Å². The van der Waals surface area contributed by atoms with Crippen LogP contribution in [-0.2, 0) is 25.6 Å². The number of likely N-dealkylation sites (tertiary alicyclic amines) is 1. The SMILES string of the molecule is O=C1OC2(CN(C(=O)C3CC3)C2)c2ccc(C3=NOC(c4cc(Cl)c(F)c(Cl)c4)(C(F)(F)F)C3)cc21. The quantitative estimate of drug-likeness (QED) is 0.298. The third kappa shape index (κ3) is 3.33. The highest BCUT2D eigenvalue weighted by Crippen LogP contribution is 2.51. The zero-order chi connectivity index (χ0) is 25.6. The summed E-state index contributed by atoms with van der Waals surface area (Å²) in [5.41, 5.74) is -3.44. The van der Waals surface area contributed by atoms with Crippen LogP contribution in [-0.4, -0.2) is 41.8 Å². The van der Waals surface area contributed by atoms with Gasteiger partial charge in [-0.3, -0.25) is 4.79 Å². The molecular formula is C24H16Cl2F4N2O4. The molecular weight excluding hydrogens is 527 g/mol. The van der Waals surface area contributed by atoms with E-state index in [1.54, 1.807) is 11.0 Å². The first-order valence-corrected chi connectivity index (χ1v) is 11.8. The first-order chi connectivity index (χ1) is 16.9. The van der Waals surface area contributed by atoms with Crippen molar-refractivity contribution < 1.29 is 36.7 Å². The van der Waals surface area contributed by atoms with Gasteiger partial charge in [0.2, 0.25) is 5.91 Å². The Morgan fingerprint density at radius 1 is 1.11 bits per heavy atom. The summed E-state index contributed by atoms with van der Waals surface area (Å²) < 4.78 is 62.3. The van der Waals surface area contributed by atoms with Crippen LogP contribution in [0.5, 0.6) is 0 Å². The number of nitrogens with zero attached hydrogens (tertiary/aromatic N) is 2. The minimum absolute atomic E-state index is 0.0430. The molecule has 12 heteroatoms. The maximum Gasteiger partial charge on any atom is 0.435 e. The molecule has 1 saturated heterocycles. The Bertz CT molecular complexity index is 1350. The first kappa shape index (κ1) is 23.5. The number of carbonyl (C=O) groups is 2. The molecule has 1 unspecified atom stereocenters. The van der Waals surface area contributed by atoms with Crippen LogP contribution < -0.4 is 0 Å². The van der Waals surface area contributed by atoms with Crippen molar-refractivity contribution in [3.05, 3.63) is 68.4 Å². The van der Waals surface area contributed by atoms with Gasteiger partial charge >= 0.3 is 12.1 Å². The number of fused-ring (bicyclic) bond motifs is 2. The number of carbonyl (C=O) groups excluding carboxylic acids is 2. The van der Waals surface area contributed by atoms with Crippen LogP contribution in [0.15, 0.2) is 35.5 Å². The van der Waals surface area contributed by atoms with Crippen LogP contribution in [0.3, 0.4) is 0 Å². The Morgan fingerprint density at radius 3 is 2.39 bits per heavy atom. The molecule has 1 atom stereocenters. The molecule has 0 N–H and O–H groups in total. The second-order valence-electron chi connectivity index (χ2n) is 9.50. The lowest BCUT2D eigenvalue weighted by molar-refractivity contribution is -0.275. The van der Waals surface area contributed by atoms with Crippen molar-refractivity contribution >= 4 is 40.8 Å². The topological polar surface area (TPSA) is 68.2 Å². The van der Waals surface area contributed by atoms with Crippen molar-refractivity contribution in [2.24, 2.45) is 11.1 Å². The fraction of sp³-hybridized carbons (Fsp3) is 0.375. The van der Waals surface area contributed by atoms with E-state index in [0.29, 0.717) is 5.56 Å². The third-order valence-corrected chi connectivity index (χ3v) is 7.67. The number of amides is 1. The zero-order valence-corrected chi connectivity index (χ0v) is 19.8. The fourth-order valence-corrected chi connectivity index (χ4v) is 5.46. The molecule has 6 rings (SSSR count). The molecule has 36 heavy (non-hydrogen) atoms. The van der Waals surface area contributed by atoms with Gasteiger partial charge in [0.1, 0.15) is 0 Å². The molecule has 0 radical (unpaired) electrons. The van der Waals surface area contributed by atoms with Crippen molar-refractivity contribution in [1.82, 2.24) is 4.90 Å². The number of oxime groups is 1. The number of esters is 1. The Morgan fingerprint density at radius 2 is 1.78 bits per heavy atom. The number of hydrogen-bond donors (Lipinski definition) is 0. The number of benzene rings is 2. The summed E-state index contributed by atoms with van der Waals surface area (Å²) in [5, 5.41) is 2.51. The molecule has 2 aromatic carbocycles. The van der Waals surface area contributed by atoms with Crippen molar-refractivity contribution in [2.45, 2.75) is 36.6 Å². The zero-order valence-electron chi connectivity index (χ0n) is 18.3. The summed E-state index contributed by atoms with van der Waals surface area (Å²) in [4.78, 5) is 31.5. The van der Waals surface area contributed by atoms with Gasteiger partial charge in [-0.1, -0.05) is 40.5 Å². The van der Waals surface area contributed by atoms with Gasteiger partial charge in [-0.05, 0) is 31.0 Å². The van der Waals surface area contributed by atoms with Gasteiger partial charge in [-0.2, -0.15) is 13.2 Å². The molecule has 0 bridgehead atoms. The molecule has 2 fully saturated rings. The van der Waals surface area contributed by atoms with Crippen LogP contribution in [0.1, 0.15) is 46.3 Å². The average molecular weight is 543 g/mol. The van der Waals surface area contributed by atoms with Gasteiger partial charge in [-0.25, -0.2) is 9.18 Å². The van der Waals surface area contributed by atoms with Gasteiger partial charge in [-0.15, -0.1) is 0 Å². The number of alkyl halides is 3. The first-order valence-electron chi connectivity index (χ1n) is 11.1. The molecule has 1 aliphatic carbocycles. The number of ether oxygens (including phenoxy) is 1. The molecule has 188 valence electrons. The molecule has 3 heterocycles. The lowest BCUT2D eigenvalue weighted by Crippen LogP contribution is -2.61. The molecule has 0 aromatic heterocycles. The van der Waals surface area contributed by atoms with Crippen molar-refractivity contribution in [1.29, 1.82) is 0 Å². The third-order valence-electron chi connectivity index (χ3n) is 7.12. The van der Waals surface area contributed by atoms with E-state index in [4.69, 9.17) is 32.8 Å². The van der Waals surface area contributed by atoms with E-state index in [2.05, 4.69) is 5.16 Å². The lowest BCUT2D eigenvalue weighted by atomic mass is 9.83. The second kappa shape index (κ2) is 7.58. The molecule has 3 aliphatic heterocycles. The van der Waals surface area contributed by atoms with Gasteiger partial charge in [0.25, 0.3) is 5.60 Å². The molecule has 1 saturated carbocycles. The summed E-state index contributed by atoms with van der Waals surface area (Å²) in [6, 6.07) is 6.17. The van der Waals surface area contributed by atoms with E-state index in [-0.39, 0.29) is 41.8 Å². The molecule has 4 aliphatic rings. The highest BCUT2D eigenvalue weighted by Gasteiger charge is 2.63. The monoisotopic (exact) mass is 542 g/mol. The van der Waals surface area contributed by atoms with Crippen LogP contribution in [0, 0.1) is 11.7 Å². The maximum absolute atomic E-state index is 14.3. The second-order valence-corrected chi connectivity index (χ2v) is 10.3. The Kier molecular flexibility index (Phi) is 4.96. The number of halogens is 6. The highest BCUT2D eigenvalue weighted by atomic mass is 35.5. The lowest BCUT2D eigenvalue weighted by Gasteiger charge is -2.46. The van der Waals surface area contributed by atoms with Crippen molar-refractivity contribution in [3.63, 3.8) is 0 Å². The van der Waals surface area contributed by atoms with E-state index in [1.807, 2.05) is 0 Å². The fourth-order valence-electron chi connectivity index (χ4n) is 4.97. The predicted octanol–water partition coefficient (Wildman–Crippen LogP) is 5.33. The van der Waals surface area contributed by atoms with E-state index < -0.39 is 51.2 Å². The Hall–Kier alpha value is -2.85. The van der Waals surface area contributed by atoms with Crippen LogP contribution >= 0.6 is 23.2 Å². The smallest absolute Gasteiger partial charge is 0.435 e. The van der Waals surface area contributed by atoms with E-state index in [0.717, 1.165) is 25.0 Å². The summed E-state index contributed by atoms with van der Waals surface area (Å²) >= 11 is 11.5. The van der Waals surface area contributed by atoms with Crippen LogP contribution in [0.2, 0.25) is 10.0 Å².